The highest BCUT2D eigenvalue weighted by Gasteiger charge is 1.97. The summed E-state index contributed by atoms with van der Waals surface area (Å²) in [6.07, 6.45) is 0. The van der Waals surface area contributed by atoms with Crippen LogP contribution in [0.1, 0.15) is 5.56 Å². The molecule has 0 aliphatic heterocycles. The second kappa shape index (κ2) is 6.69. The number of rotatable bonds is 5. The first-order valence-corrected chi connectivity index (χ1v) is 6.90. The highest BCUT2D eigenvalue weighted by molar-refractivity contribution is 6.31. The Morgan fingerprint density at radius 1 is 0.842 bits per heavy atom. The summed E-state index contributed by atoms with van der Waals surface area (Å²) in [6.45, 7) is 3.64. The van der Waals surface area contributed by atoms with E-state index in [2.05, 4.69) is 10.6 Å². The van der Waals surface area contributed by atoms with Crippen molar-refractivity contribution in [3.8, 4) is 0 Å². The quantitative estimate of drug-likeness (QED) is 0.772. The van der Waals surface area contributed by atoms with Gasteiger partial charge in [-0.05, 0) is 48.9 Å². The van der Waals surface area contributed by atoms with Crippen molar-refractivity contribution in [2.75, 3.05) is 23.7 Å². The summed E-state index contributed by atoms with van der Waals surface area (Å²) in [5, 5.41) is 8.17. The molecule has 19 heavy (non-hydrogen) atoms. The molecule has 0 atom stereocenters. The maximum absolute atomic E-state index is 6.07. The van der Waals surface area contributed by atoms with Gasteiger partial charge in [0.15, 0.2) is 0 Å². The van der Waals surface area contributed by atoms with Crippen molar-refractivity contribution in [3.05, 3.63) is 58.1 Å². The van der Waals surface area contributed by atoms with Crippen molar-refractivity contribution in [1.29, 1.82) is 0 Å². The van der Waals surface area contributed by atoms with Crippen molar-refractivity contribution >= 4 is 34.6 Å². The van der Waals surface area contributed by atoms with Gasteiger partial charge in [0.1, 0.15) is 0 Å². The van der Waals surface area contributed by atoms with Crippen LogP contribution in [0.5, 0.6) is 0 Å². The molecule has 2 N–H and O–H groups in total. The van der Waals surface area contributed by atoms with E-state index in [-0.39, 0.29) is 0 Å². The van der Waals surface area contributed by atoms with Crippen LogP contribution < -0.4 is 10.6 Å². The Balaban J connectivity index is 1.77. The van der Waals surface area contributed by atoms with Crippen LogP contribution in [0, 0.1) is 6.92 Å². The molecular weight excluding hydrogens is 279 g/mol. The molecule has 0 heterocycles. The van der Waals surface area contributed by atoms with Gasteiger partial charge in [-0.3, -0.25) is 0 Å². The molecule has 0 unspecified atom stereocenters. The third kappa shape index (κ3) is 4.34. The van der Waals surface area contributed by atoms with Crippen LogP contribution in [0.3, 0.4) is 0 Å². The fourth-order valence-electron chi connectivity index (χ4n) is 1.68. The molecule has 0 amide bonds. The van der Waals surface area contributed by atoms with Crippen LogP contribution in [-0.2, 0) is 0 Å². The first kappa shape index (κ1) is 14.0. The second-order valence-electron chi connectivity index (χ2n) is 4.32. The zero-order chi connectivity index (χ0) is 13.7. The number of halogens is 2. The van der Waals surface area contributed by atoms with E-state index >= 15 is 0 Å². The standard InChI is InChI=1S/C15H16Cl2N2/c1-11-2-5-14(10-15(11)17)19-9-8-18-13-6-3-12(16)4-7-13/h2-7,10,18-19H,8-9H2,1H3. The van der Waals surface area contributed by atoms with Crippen LogP contribution in [-0.4, -0.2) is 13.1 Å². The van der Waals surface area contributed by atoms with E-state index in [9.17, 15) is 0 Å². The minimum absolute atomic E-state index is 0.748. The van der Waals surface area contributed by atoms with Gasteiger partial charge in [0.05, 0.1) is 0 Å². The fourth-order valence-corrected chi connectivity index (χ4v) is 1.99. The van der Waals surface area contributed by atoms with E-state index in [1.807, 2.05) is 49.4 Å². The number of anilines is 2. The van der Waals surface area contributed by atoms with Gasteiger partial charge >= 0.3 is 0 Å². The van der Waals surface area contributed by atoms with Crippen molar-refractivity contribution in [2.45, 2.75) is 6.92 Å². The number of hydrogen-bond donors (Lipinski definition) is 2. The molecule has 100 valence electrons. The zero-order valence-corrected chi connectivity index (χ0v) is 12.2. The predicted molar refractivity (Wildman–Crippen MR) is 84.6 cm³/mol. The summed E-state index contributed by atoms with van der Waals surface area (Å²) in [4.78, 5) is 0. The average Bonchev–Trinajstić information content (AvgIpc) is 2.41. The molecule has 2 aromatic rings. The number of nitrogens with one attached hydrogen (secondary N) is 2. The molecule has 0 bridgehead atoms. The van der Waals surface area contributed by atoms with E-state index in [0.29, 0.717) is 0 Å². The maximum atomic E-state index is 6.07. The molecule has 4 heteroatoms. The number of hydrogen-bond acceptors (Lipinski definition) is 2. The Bertz CT molecular complexity index is 538. The minimum Gasteiger partial charge on any atom is -0.383 e. The lowest BCUT2D eigenvalue weighted by atomic mass is 10.2. The van der Waals surface area contributed by atoms with E-state index in [1.165, 1.54) is 0 Å². The van der Waals surface area contributed by atoms with Crippen LogP contribution in [0.25, 0.3) is 0 Å². The van der Waals surface area contributed by atoms with Crippen molar-refractivity contribution in [1.82, 2.24) is 0 Å². The van der Waals surface area contributed by atoms with Gasteiger partial charge in [-0.2, -0.15) is 0 Å². The summed E-state index contributed by atoms with van der Waals surface area (Å²) in [7, 11) is 0. The number of aryl methyl sites for hydroxylation is 1. The maximum Gasteiger partial charge on any atom is 0.0455 e. The van der Waals surface area contributed by atoms with Crippen molar-refractivity contribution < 1.29 is 0 Å². The SMILES string of the molecule is Cc1ccc(NCCNc2ccc(Cl)cc2)cc1Cl. The molecule has 0 fully saturated rings. The smallest absolute Gasteiger partial charge is 0.0455 e. The third-order valence-electron chi connectivity index (χ3n) is 2.80. The lowest BCUT2D eigenvalue weighted by Crippen LogP contribution is -2.13. The Morgan fingerprint density at radius 2 is 1.42 bits per heavy atom. The molecule has 2 nitrogen and oxygen atoms in total. The first-order valence-electron chi connectivity index (χ1n) is 6.14. The molecule has 0 saturated heterocycles. The van der Waals surface area contributed by atoms with Gasteiger partial charge in [-0.1, -0.05) is 29.3 Å². The normalized spacial score (nSPS) is 10.3. The monoisotopic (exact) mass is 294 g/mol. The van der Waals surface area contributed by atoms with Gasteiger partial charge in [0, 0.05) is 34.5 Å². The summed E-state index contributed by atoms with van der Waals surface area (Å²) in [6, 6.07) is 13.7. The lowest BCUT2D eigenvalue weighted by molar-refractivity contribution is 1.08. The van der Waals surface area contributed by atoms with Gasteiger partial charge in [-0.25, -0.2) is 0 Å². The van der Waals surface area contributed by atoms with Gasteiger partial charge in [-0.15, -0.1) is 0 Å². The molecule has 2 rings (SSSR count). The first-order chi connectivity index (χ1) is 9.15. The van der Waals surface area contributed by atoms with Gasteiger partial charge < -0.3 is 10.6 Å². The summed E-state index contributed by atoms with van der Waals surface area (Å²) < 4.78 is 0. The third-order valence-corrected chi connectivity index (χ3v) is 3.46. The van der Waals surface area contributed by atoms with E-state index in [1.54, 1.807) is 0 Å². The Kier molecular flexibility index (Phi) is 4.94. The average molecular weight is 295 g/mol. The van der Waals surface area contributed by atoms with Gasteiger partial charge in [0.2, 0.25) is 0 Å². The lowest BCUT2D eigenvalue weighted by Gasteiger charge is -2.10. The molecule has 0 radical (unpaired) electrons. The summed E-state index contributed by atoms with van der Waals surface area (Å²) in [5.41, 5.74) is 3.19. The Hall–Kier alpha value is -1.38. The molecule has 0 aliphatic rings. The van der Waals surface area contributed by atoms with E-state index in [4.69, 9.17) is 23.2 Å². The van der Waals surface area contributed by atoms with Crippen molar-refractivity contribution in [3.63, 3.8) is 0 Å². The predicted octanol–water partition coefficient (Wildman–Crippen LogP) is 4.83. The van der Waals surface area contributed by atoms with Crippen LogP contribution >= 0.6 is 23.2 Å². The zero-order valence-electron chi connectivity index (χ0n) is 10.7. The Morgan fingerprint density at radius 3 is 2.05 bits per heavy atom. The summed E-state index contributed by atoms with van der Waals surface area (Å²) >= 11 is 11.9. The molecule has 0 saturated carbocycles. The fraction of sp³-hybridized carbons (Fsp3) is 0.200. The second-order valence-corrected chi connectivity index (χ2v) is 5.17. The molecule has 2 aromatic carbocycles. The van der Waals surface area contributed by atoms with E-state index < -0.39 is 0 Å². The van der Waals surface area contributed by atoms with Crippen LogP contribution in [0.15, 0.2) is 42.5 Å². The highest BCUT2D eigenvalue weighted by atomic mass is 35.5. The molecule has 0 aromatic heterocycles. The molecule has 0 spiro atoms. The molecular formula is C15H16Cl2N2. The summed E-state index contributed by atoms with van der Waals surface area (Å²) in [5.74, 6) is 0. The minimum atomic E-state index is 0.748. The van der Waals surface area contributed by atoms with Crippen molar-refractivity contribution in [2.24, 2.45) is 0 Å². The largest absolute Gasteiger partial charge is 0.383 e. The number of benzene rings is 2. The van der Waals surface area contributed by atoms with E-state index in [0.717, 1.165) is 40.1 Å². The topological polar surface area (TPSA) is 24.1 Å². The Labute approximate surface area is 123 Å². The molecule has 0 aliphatic carbocycles. The van der Waals surface area contributed by atoms with Gasteiger partial charge in [0.25, 0.3) is 0 Å². The van der Waals surface area contributed by atoms with Crippen LogP contribution in [0.4, 0.5) is 11.4 Å². The van der Waals surface area contributed by atoms with Crippen LogP contribution in [0.2, 0.25) is 10.0 Å². The highest BCUT2D eigenvalue weighted by Crippen LogP contribution is 2.19.